The molecule has 3 N–H and O–H groups in total. The summed E-state index contributed by atoms with van der Waals surface area (Å²) in [6.45, 7) is -0.191. The number of aliphatic hydroxyl groups is 1. The van der Waals surface area contributed by atoms with Crippen molar-refractivity contribution in [1.82, 2.24) is 0 Å². The van der Waals surface area contributed by atoms with Gasteiger partial charge in [0, 0.05) is 5.56 Å². The van der Waals surface area contributed by atoms with Crippen molar-refractivity contribution in [3.8, 4) is 0 Å². The Kier molecular flexibility index (Phi) is 1.96. The lowest BCUT2D eigenvalue weighted by molar-refractivity contribution is 0.282. The van der Waals surface area contributed by atoms with Gasteiger partial charge in [-0.25, -0.2) is 4.39 Å². The van der Waals surface area contributed by atoms with Gasteiger partial charge in [0.25, 0.3) is 0 Å². The minimum absolute atomic E-state index is 0.0758. The molecule has 0 radical (unpaired) electrons. The van der Waals surface area contributed by atoms with Gasteiger partial charge in [-0.05, 0) is 30.4 Å². The van der Waals surface area contributed by atoms with Gasteiger partial charge in [-0.1, -0.05) is 6.07 Å². The highest BCUT2D eigenvalue weighted by molar-refractivity contribution is 5.50. The first-order valence-electron chi connectivity index (χ1n) is 4.41. The number of nitrogen functional groups attached to an aromatic ring is 1. The molecule has 0 saturated heterocycles. The van der Waals surface area contributed by atoms with Gasteiger partial charge in [-0.2, -0.15) is 0 Å². The van der Waals surface area contributed by atoms with E-state index in [0.717, 1.165) is 18.4 Å². The largest absolute Gasteiger partial charge is 0.396 e. The second kappa shape index (κ2) is 3.00. The number of rotatable bonds is 2. The highest BCUT2D eigenvalue weighted by Crippen LogP contribution is 2.41. The van der Waals surface area contributed by atoms with Crippen molar-refractivity contribution >= 4 is 5.69 Å². The Hall–Kier alpha value is -1.09. The lowest BCUT2D eigenvalue weighted by Crippen LogP contribution is -1.99. The number of hydrogen-bond donors (Lipinski definition) is 2. The summed E-state index contributed by atoms with van der Waals surface area (Å²) in [5, 5.41) is 8.92. The zero-order valence-electron chi connectivity index (χ0n) is 7.26. The van der Waals surface area contributed by atoms with E-state index in [2.05, 4.69) is 0 Å². The maximum Gasteiger partial charge on any atom is 0.146 e. The summed E-state index contributed by atoms with van der Waals surface area (Å²) < 4.78 is 13.2. The summed E-state index contributed by atoms with van der Waals surface area (Å²) in [7, 11) is 0. The molecule has 70 valence electrons. The van der Waals surface area contributed by atoms with Gasteiger partial charge < -0.3 is 10.8 Å². The minimum atomic E-state index is -0.409. The first kappa shape index (κ1) is 8.51. The fourth-order valence-electron chi connectivity index (χ4n) is 1.48. The summed E-state index contributed by atoms with van der Waals surface area (Å²) in [6, 6.07) is 3.28. The zero-order valence-corrected chi connectivity index (χ0v) is 7.26. The van der Waals surface area contributed by atoms with Crippen LogP contribution in [-0.2, 0) is 6.61 Å². The fraction of sp³-hybridized carbons (Fsp3) is 0.400. The van der Waals surface area contributed by atoms with Crippen LogP contribution in [-0.4, -0.2) is 5.11 Å². The monoisotopic (exact) mass is 181 g/mol. The number of aliphatic hydroxyl groups excluding tert-OH is 1. The molecule has 2 rings (SSSR count). The third kappa shape index (κ3) is 1.52. The van der Waals surface area contributed by atoms with Crippen LogP contribution in [0.5, 0.6) is 0 Å². The molecule has 0 spiro atoms. The van der Waals surface area contributed by atoms with Gasteiger partial charge in [0.15, 0.2) is 0 Å². The Morgan fingerprint density at radius 2 is 2.15 bits per heavy atom. The molecule has 0 amide bonds. The lowest BCUT2D eigenvalue weighted by Gasteiger charge is -2.06. The minimum Gasteiger partial charge on any atom is -0.396 e. The number of hydrogen-bond acceptors (Lipinski definition) is 2. The predicted octanol–water partition coefficient (Wildman–Crippen LogP) is 1.78. The standard InChI is InChI=1S/C10H12FNO/c11-9-4-7(6-1-2-6)3-8(5-13)10(9)12/h3-4,6,13H,1-2,5,12H2. The van der Waals surface area contributed by atoms with E-state index in [0.29, 0.717) is 11.5 Å². The molecule has 1 aromatic rings. The third-order valence-electron chi connectivity index (χ3n) is 2.46. The van der Waals surface area contributed by atoms with E-state index in [4.69, 9.17) is 10.8 Å². The van der Waals surface area contributed by atoms with Crippen LogP contribution in [0, 0.1) is 5.82 Å². The van der Waals surface area contributed by atoms with Crippen LogP contribution in [0.15, 0.2) is 12.1 Å². The van der Waals surface area contributed by atoms with E-state index in [9.17, 15) is 4.39 Å². The van der Waals surface area contributed by atoms with Crippen molar-refractivity contribution in [2.24, 2.45) is 0 Å². The van der Waals surface area contributed by atoms with E-state index >= 15 is 0 Å². The van der Waals surface area contributed by atoms with E-state index in [-0.39, 0.29) is 12.3 Å². The van der Waals surface area contributed by atoms with Crippen molar-refractivity contribution in [2.45, 2.75) is 25.4 Å². The van der Waals surface area contributed by atoms with Crippen LogP contribution in [0.1, 0.15) is 29.9 Å². The Labute approximate surface area is 76.2 Å². The smallest absolute Gasteiger partial charge is 0.146 e. The van der Waals surface area contributed by atoms with E-state index < -0.39 is 5.82 Å². The maximum atomic E-state index is 13.2. The summed E-state index contributed by atoms with van der Waals surface area (Å²) in [4.78, 5) is 0. The van der Waals surface area contributed by atoms with Crippen LogP contribution in [0.3, 0.4) is 0 Å². The van der Waals surface area contributed by atoms with Crippen molar-refractivity contribution < 1.29 is 9.50 Å². The number of halogens is 1. The van der Waals surface area contributed by atoms with E-state index in [1.54, 1.807) is 6.07 Å². The Morgan fingerprint density at radius 3 is 2.69 bits per heavy atom. The zero-order chi connectivity index (χ0) is 9.42. The summed E-state index contributed by atoms with van der Waals surface area (Å²) in [5.41, 5.74) is 6.99. The van der Waals surface area contributed by atoms with Gasteiger partial charge >= 0.3 is 0 Å². The normalized spacial score (nSPS) is 16.2. The highest BCUT2D eigenvalue weighted by Gasteiger charge is 2.25. The van der Waals surface area contributed by atoms with Crippen LogP contribution in [0.25, 0.3) is 0 Å². The van der Waals surface area contributed by atoms with Crippen LogP contribution >= 0.6 is 0 Å². The maximum absolute atomic E-state index is 13.2. The van der Waals surface area contributed by atoms with Crippen molar-refractivity contribution in [1.29, 1.82) is 0 Å². The average molecular weight is 181 g/mol. The molecular formula is C10H12FNO. The van der Waals surface area contributed by atoms with Crippen molar-refractivity contribution in [3.63, 3.8) is 0 Å². The SMILES string of the molecule is Nc1c(F)cc(C2CC2)cc1CO. The van der Waals surface area contributed by atoms with Crippen molar-refractivity contribution in [3.05, 3.63) is 29.1 Å². The van der Waals surface area contributed by atoms with Gasteiger partial charge in [0.1, 0.15) is 5.82 Å². The highest BCUT2D eigenvalue weighted by atomic mass is 19.1. The molecule has 1 aromatic carbocycles. The molecule has 3 heteroatoms. The molecule has 0 bridgehead atoms. The van der Waals surface area contributed by atoms with Gasteiger partial charge in [0.2, 0.25) is 0 Å². The molecule has 0 aromatic heterocycles. The molecule has 0 heterocycles. The third-order valence-corrected chi connectivity index (χ3v) is 2.46. The van der Waals surface area contributed by atoms with Crippen LogP contribution in [0.2, 0.25) is 0 Å². The molecule has 0 unspecified atom stereocenters. The van der Waals surface area contributed by atoms with E-state index in [1.165, 1.54) is 6.07 Å². The molecule has 1 fully saturated rings. The number of benzene rings is 1. The summed E-state index contributed by atoms with van der Waals surface area (Å²) in [5.74, 6) is 0.0776. The van der Waals surface area contributed by atoms with Gasteiger partial charge in [0.05, 0.1) is 12.3 Å². The molecule has 0 atom stereocenters. The first-order valence-corrected chi connectivity index (χ1v) is 4.41. The molecule has 2 nitrogen and oxygen atoms in total. The van der Waals surface area contributed by atoms with Gasteiger partial charge in [-0.3, -0.25) is 0 Å². The van der Waals surface area contributed by atoms with Crippen LogP contribution in [0.4, 0.5) is 10.1 Å². The Balaban J connectivity index is 2.43. The first-order chi connectivity index (χ1) is 6.22. The molecule has 1 saturated carbocycles. The van der Waals surface area contributed by atoms with Crippen molar-refractivity contribution in [2.75, 3.05) is 5.73 Å². The second-order valence-electron chi connectivity index (χ2n) is 3.51. The average Bonchev–Trinajstić information content (AvgIpc) is 2.92. The fourth-order valence-corrected chi connectivity index (χ4v) is 1.48. The quantitative estimate of drug-likeness (QED) is 0.683. The summed E-state index contributed by atoms with van der Waals surface area (Å²) in [6.07, 6.45) is 2.24. The van der Waals surface area contributed by atoms with E-state index in [1.807, 2.05) is 0 Å². The molecule has 0 aliphatic heterocycles. The Morgan fingerprint density at radius 1 is 1.46 bits per heavy atom. The number of nitrogens with two attached hydrogens (primary N) is 1. The molecular weight excluding hydrogens is 169 g/mol. The van der Waals surface area contributed by atoms with Gasteiger partial charge in [-0.15, -0.1) is 0 Å². The Bertz CT molecular complexity index is 334. The lowest BCUT2D eigenvalue weighted by atomic mass is 10.1. The molecule has 13 heavy (non-hydrogen) atoms. The topological polar surface area (TPSA) is 46.2 Å². The van der Waals surface area contributed by atoms with Crippen LogP contribution < -0.4 is 5.73 Å². The molecule has 1 aliphatic rings. The molecule has 1 aliphatic carbocycles. The summed E-state index contributed by atoms with van der Waals surface area (Å²) >= 11 is 0. The predicted molar refractivity (Wildman–Crippen MR) is 48.7 cm³/mol. The second-order valence-corrected chi connectivity index (χ2v) is 3.51. The number of anilines is 1.